The molecule has 0 spiro atoms. The van der Waals surface area contributed by atoms with Crippen molar-refractivity contribution in [2.45, 2.75) is 24.9 Å². The van der Waals surface area contributed by atoms with E-state index in [1.165, 1.54) is 11.8 Å². The van der Waals surface area contributed by atoms with E-state index in [1.807, 2.05) is 42.6 Å². The second-order valence-corrected chi connectivity index (χ2v) is 7.91. The van der Waals surface area contributed by atoms with Gasteiger partial charge in [0.25, 0.3) is 0 Å². The number of amides is 1. The zero-order chi connectivity index (χ0) is 21.6. The van der Waals surface area contributed by atoms with Crippen LogP contribution >= 0.6 is 11.8 Å². The molecule has 0 saturated carbocycles. The number of hydrogen-bond acceptors (Lipinski definition) is 6. The third-order valence-electron chi connectivity index (χ3n) is 5.07. The summed E-state index contributed by atoms with van der Waals surface area (Å²) in [4.78, 5) is 15.6. The molecule has 9 heteroatoms. The number of carbonyl (C=O) groups excluding carboxylic acids is 1. The molecule has 31 heavy (non-hydrogen) atoms. The fraction of sp³-hybridized carbons (Fsp3) is 0.273. The van der Waals surface area contributed by atoms with Crippen molar-refractivity contribution in [3.8, 4) is 11.4 Å². The minimum Gasteiger partial charge on any atom is -0.497 e. The Labute approximate surface area is 184 Å². The Bertz CT molecular complexity index is 1190. The van der Waals surface area contributed by atoms with Gasteiger partial charge in [-0.3, -0.25) is 4.79 Å². The lowest BCUT2D eigenvalue weighted by atomic mass is 10.1. The Kier molecular flexibility index (Phi) is 6.51. The van der Waals surface area contributed by atoms with Crippen LogP contribution in [-0.2, 0) is 17.6 Å². The lowest BCUT2D eigenvalue weighted by Gasteiger charge is -2.09. The van der Waals surface area contributed by atoms with Crippen molar-refractivity contribution < 1.29 is 9.53 Å². The second kappa shape index (κ2) is 9.65. The van der Waals surface area contributed by atoms with Crippen LogP contribution in [0.2, 0.25) is 0 Å². The number of H-pyrrole nitrogens is 1. The van der Waals surface area contributed by atoms with Gasteiger partial charge in [0, 0.05) is 29.7 Å². The van der Waals surface area contributed by atoms with Crippen molar-refractivity contribution in [2.75, 3.05) is 19.4 Å². The molecular weight excluding hydrogens is 412 g/mol. The van der Waals surface area contributed by atoms with Gasteiger partial charge in [0.05, 0.1) is 18.6 Å². The Hall–Kier alpha value is -3.33. The average molecular weight is 437 g/mol. The Morgan fingerprint density at radius 3 is 2.94 bits per heavy atom. The van der Waals surface area contributed by atoms with Crippen LogP contribution in [0.5, 0.6) is 5.75 Å². The van der Waals surface area contributed by atoms with Gasteiger partial charge in [-0.1, -0.05) is 36.9 Å². The van der Waals surface area contributed by atoms with Gasteiger partial charge in [0.15, 0.2) is 0 Å². The smallest absolute Gasteiger partial charge is 0.230 e. The summed E-state index contributed by atoms with van der Waals surface area (Å²) < 4.78 is 6.95. The van der Waals surface area contributed by atoms with Gasteiger partial charge >= 0.3 is 0 Å². The summed E-state index contributed by atoms with van der Waals surface area (Å²) in [6.07, 6.45) is 3.59. The van der Waals surface area contributed by atoms with E-state index in [0.717, 1.165) is 46.3 Å². The topological polar surface area (TPSA) is 97.7 Å². The number of methoxy groups -OCH3 is 1. The molecule has 0 aliphatic heterocycles. The van der Waals surface area contributed by atoms with Crippen LogP contribution in [0.25, 0.3) is 16.6 Å². The van der Waals surface area contributed by atoms with Crippen molar-refractivity contribution in [3.05, 3.63) is 59.8 Å². The number of fused-ring (bicyclic) bond motifs is 1. The molecule has 1 amide bonds. The predicted molar refractivity (Wildman–Crippen MR) is 121 cm³/mol. The van der Waals surface area contributed by atoms with E-state index in [2.05, 4.69) is 38.8 Å². The molecule has 0 unspecified atom stereocenters. The Balaban J connectivity index is 1.31. The van der Waals surface area contributed by atoms with Gasteiger partial charge < -0.3 is 15.0 Å². The SMILES string of the molecule is CCc1ccccc1-n1nnnc1SCC(=O)NCCc1c[nH]c2cc(OC)ccc12. The summed E-state index contributed by atoms with van der Waals surface area (Å²) in [6, 6.07) is 13.9. The summed E-state index contributed by atoms with van der Waals surface area (Å²) in [5.41, 5.74) is 4.27. The zero-order valence-electron chi connectivity index (χ0n) is 17.5. The third-order valence-corrected chi connectivity index (χ3v) is 5.98. The molecule has 2 aromatic carbocycles. The molecule has 2 heterocycles. The normalized spacial score (nSPS) is 11.0. The average Bonchev–Trinajstić information content (AvgIpc) is 3.44. The fourth-order valence-electron chi connectivity index (χ4n) is 3.45. The number of thioether (sulfide) groups is 1. The van der Waals surface area contributed by atoms with E-state index >= 15 is 0 Å². The van der Waals surface area contributed by atoms with Gasteiger partial charge in [-0.15, -0.1) is 5.10 Å². The molecule has 0 aliphatic carbocycles. The van der Waals surface area contributed by atoms with Crippen LogP contribution in [0, 0.1) is 0 Å². The van der Waals surface area contributed by atoms with Crippen LogP contribution < -0.4 is 10.1 Å². The highest BCUT2D eigenvalue weighted by atomic mass is 32.2. The van der Waals surface area contributed by atoms with Crippen LogP contribution in [0.4, 0.5) is 0 Å². The molecule has 4 rings (SSSR count). The number of aromatic nitrogens is 5. The maximum atomic E-state index is 12.4. The maximum absolute atomic E-state index is 12.4. The van der Waals surface area contributed by atoms with Crippen LogP contribution in [0.15, 0.2) is 53.8 Å². The molecule has 0 radical (unpaired) electrons. The molecule has 2 N–H and O–H groups in total. The molecule has 2 aromatic heterocycles. The van der Waals surface area contributed by atoms with E-state index in [4.69, 9.17) is 4.74 Å². The summed E-state index contributed by atoms with van der Waals surface area (Å²) in [6.45, 7) is 2.65. The molecule has 8 nitrogen and oxygen atoms in total. The first-order valence-corrected chi connectivity index (χ1v) is 11.1. The van der Waals surface area contributed by atoms with Crippen molar-refractivity contribution in [1.82, 2.24) is 30.5 Å². The third kappa shape index (κ3) is 4.72. The van der Waals surface area contributed by atoms with Gasteiger partial charge in [0.1, 0.15) is 5.75 Å². The van der Waals surface area contributed by atoms with Crippen molar-refractivity contribution in [1.29, 1.82) is 0 Å². The van der Waals surface area contributed by atoms with Crippen molar-refractivity contribution in [2.24, 2.45) is 0 Å². The van der Waals surface area contributed by atoms with Gasteiger partial charge in [-0.25, -0.2) is 0 Å². The summed E-state index contributed by atoms with van der Waals surface area (Å²) in [5, 5.41) is 16.7. The molecular formula is C22H24N6O2S. The largest absolute Gasteiger partial charge is 0.497 e. The first-order valence-electron chi connectivity index (χ1n) is 10.1. The van der Waals surface area contributed by atoms with Gasteiger partial charge in [-0.2, -0.15) is 4.68 Å². The molecule has 0 aliphatic rings. The predicted octanol–water partition coefficient (Wildman–Crippen LogP) is 3.17. The zero-order valence-corrected chi connectivity index (χ0v) is 18.3. The van der Waals surface area contributed by atoms with Crippen LogP contribution in [0.3, 0.4) is 0 Å². The van der Waals surface area contributed by atoms with E-state index < -0.39 is 0 Å². The van der Waals surface area contributed by atoms with Crippen molar-refractivity contribution in [3.63, 3.8) is 0 Å². The summed E-state index contributed by atoms with van der Waals surface area (Å²) >= 11 is 1.33. The standard InChI is InChI=1S/C22H24N6O2S/c1-3-15-6-4-5-7-20(15)28-22(25-26-27-28)31-14-21(29)23-11-10-16-13-24-19-12-17(30-2)8-9-18(16)19/h4-9,12-13,24H,3,10-11,14H2,1-2H3,(H,23,29). The molecule has 0 fully saturated rings. The lowest BCUT2D eigenvalue weighted by Crippen LogP contribution is -2.27. The second-order valence-electron chi connectivity index (χ2n) is 6.97. The summed E-state index contributed by atoms with van der Waals surface area (Å²) in [7, 11) is 1.65. The Morgan fingerprint density at radius 2 is 2.10 bits per heavy atom. The van der Waals surface area contributed by atoms with Gasteiger partial charge in [-0.05, 0) is 52.6 Å². The fourth-order valence-corrected chi connectivity index (χ4v) is 4.17. The van der Waals surface area contributed by atoms with E-state index in [9.17, 15) is 4.79 Å². The highest BCUT2D eigenvalue weighted by Crippen LogP contribution is 2.24. The minimum atomic E-state index is -0.0511. The van der Waals surface area contributed by atoms with Gasteiger partial charge in [0.2, 0.25) is 11.1 Å². The maximum Gasteiger partial charge on any atom is 0.230 e. The molecule has 0 atom stereocenters. The first kappa shape index (κ1) is 20.9. The highest BCUT2D eigenvalue weighted by molar-refractivity contribution is 7.99. The monoisotopic (exact) mass is 436 g/mol. The van der Waals surface area contributed by atoms with E-state index in [1.54, 1.807) is 11.8 Å². The molecule has 0 saturated heterocycles. The number of aryl methyl sites for hydroxylation is 1. The number of tetrazole rings is 1. The highest BCUT2D eigenvalue weighted by Gasteiger charge is 2.13. The molecule has 0 bridgehead atoms. The Morgan fingerprint density at radius 1 is 1.23 bits per heavy atom. The number of benzene rings is 2. The van der Waals surface area contributed by atoms with Crippen LogP contribution in [0.1, 0.15) is 18.1 Å². The minimum absolute atomic E-state index is 0.0511. The number of hydrogen-bond donors (Lipinski definition) is 2. The number of carbonyl (C=O) groups is 1. The summed E-state index contributed by atoms with van der Waals surface area (Å²) in [5.74, 6) is 1.01. The van der Waals surface area contributed by atoms with Crippen LogP contribution in [-0.4, -0.2) is 50.5 Å². The first-order chi connectivity index (χ1) is 15.2. The quantitative estimate of drug-likeness (QED) is 0.391. The molecule has 160 valence electrons. The number of ether oxygens (including phenoxy) is 1. The number of nitrogens with zero attached hydrogens (tertiary/aromatic N) is 4. The number of rotatable bonds is 9. The molecule has 4 aromatic rings. The number of para-hydroxylation sites is 1. The number of aromatic amines is 1. The lowest BCUT2D eigenvalue weighted by molar-refractivity contribution is -0.118. The number of nitrogens with one attached hydrogen (secondary N) is 2. The van der Waals surface area contributed by atoms with E-state index in [-0.39, 0.29) is 11.7 Å². The van der Waals surface area contributed by atoms with E-state index in [0.29, 0.717) is 11.7 Å². The van der Waals surface area contributed by atoms with Crippen molar-refractivity contribution >= 4 is 28.6 Å².